The van der Waals surface area contributed by atoms with E-state index in [1.807, 2.05) is 42.6 Å². The summed E-state index contributed by atoms with van der Waals surface area (Å²) in [6.07, 6.45) is 6.19. The Kier molecular flexibility index (Phi) is 5.13. The molecule has 0 unspecified atom stereocenters. The van der Waals surface area contributed by atoms with Gasteiger partial charge < -0.3 is 26.1 Å². The van der Waals surface area contributed by atoms with Gasteiger partial charge in [0.1, 0.15) is 5.76 Å². The van der Waals surface area contributed by atoms with Crippen molar-refractivity contribution in [1.82, 2.24) is 14.9 Å². The van der Waals surface area contributed by atoms with Crippen LogP contribution >= 0.6 is 0 Å². The van der Waals surface area contributed by atoms with Gasteiger partial charge in [0.25, 0.3) is 0 Å². The van der Waals surface area contributed by atoms with Crippen molar-refractivity contribution in [2.24, 2.45) is 5.92 Å². The highest BCUT2D eigenvalue weighted by Gasteiger charge is 2.35. The highest BCUT2D eigenvalue weighted by molar-refractivity contribution is 6.09. The number of nitrogen functional groups attached to an aromatic ring is 1. The number of nitrogens with zero attached hydrogens (tertiary/aromatic N) is 2. The van der Waals surface area contributed by atoms with Gasteiger partial charge in [-0.3, -0.25) is 14.3 Å². The molecule has 1 amide bonds. The average molecular weight is 434 g/mol. The third-order valence-corrected chi connectivity index (χ3v) is 6.13. The van der Waals surface area contributed by atoms with Gasteiger partial charge in [-0.15, -0.1) is 0 Å². The van der Waals surface area contributed by atoms with Crippen LogP contribution in [0, 0.1) is 5.92 Å². The number of anilines is 2. The van der Waals surface area contributed by atoms with Crippen molar-refractivity contribution in [3.05, 3.63) is 65.3 Å². The maximum atomic E-state index is 13.2. The Balaban J connectivity index is 1.65. The van der Waals surface area contributed by atoms with Gasteiger partial charge in [-0.25, -0.2) is 0 Å². The highest BCUT2D eigenvalue weighted by Crippen LogP contribution is 2.40. The van der Waals surface area contributed by atoms with Crippen LogP contribution in [0.2, 0.25) is 0 Å². The summed E-state index contributed by atoms with van der Waals surface area (Å²) in [5.41, 5.74) is 4.16. The molecule has 8 heteroatoms. The van der Waals surface area contributed by atoms with Gasteiger partial charge >= 0.3 is 0 Å². The highest BCUT2D eigenvalue weighted by atomic mass is 16.5. The fraction of sp³-hybridized carbons (Fsp3) is 0.333. The molecule has 4 N–H and O–H groups in total. The number of carbonyl (C=O) groups excluding carboxylic acids is 2. The van der Waals surface area contributed by atoms with E-state index >= 15 is 0 Å². The second-order valence-corrected chi connectivity index (χ2v) is 8.51. The molecule has 0 spiro atoms. The maximum Gasteiger partial charge on any atom is 0.220 e. The van der Waals surface area contributed by atoms with E-state index in [9.17, 15) is 9.59 Å². The van der Waals surface area contributed by atoms with Gasteiger partial charge in [-0.1, -0.05) is 18.2 Å². The minimum absolute atomic E-state index is 0.0384. The maximum absolute atomic E-state index is 13.2. The van der Waals surface area contributed by atoms with Crippen molar-refractivity contribution in [2.45, 2.75) is 26.3 Å². The molecule has 1 aliphatic carbocycles. The number of nitrogens with one attached hydrogen (secondary N) is 2. The lowest BCUT2D eigenvalue weighted by Crippen LogP contribution is -2.39. The van der Waals surface area contributed by atoms with E-state index < -0.39 is 0 Å². The Bertz CT molecular complexity index is 1130. The lowest BCUT2D eigenvalue weighted by molar-refractivity contribution is -0.129. The number of Topliss-reactive ketones (excluding diaryl/α,β-unsaturated/α-hetero) is 1. The van der Waals surface area contributed by atoms with Crippen molar-refractivity contribution in [3.8, 4) is 0 Å². The van der Waals surface area contributed by atoms with E-state index in [0.717, 1.165) is 17.0 Å². The predicted octanol–water partition coefficient (Wildman–Crippen LogP) is 2.74. The molecule has 0 radical (unpaired) electrons. The van der Waals surface area contributed by atoms with Crippen LogP contribution in [0.4, 0.5) is 11.4 Å². The molecule has 32 heavy (non-hydrogen) atoms. The average Bonchev–Trinajstić information content (AvgIpc) is 3.58. The molecule has 0 bridgehead atoms. The van der Waals surface area contributed by atoms with Crippen molar-refractivity contribution in [1.29, 1.82) is 0 Å². The Morgan fingerprint density at radius 1 is 1.25 bits per heavy atom. The molecule has 1 fully saturated rings. The molecule has 3 aliphatic rings. The monoisotopic (exact) mass is 433 g/mol. The molecule has 5 rings (SSSR count). The van der Waals surface area contributed by atoms with Crippen LogP contribution in [0.3, 0.4) is 0 Å². The number of fused-ring (bicyclic) bond motifs is 1. The van der Waals surface area contributed by atoms with Crippen LogP contribution in [0.5, 0.6) is 0 Å². The summed E-state index contributed by atoms with van der Waals surface area (Å²) in [4.78, 5) is 26.7. The predicted molar refractivity (Wildman–Crippen MR) is 122 cm³/mol. The first-order chi connectivity index (χ1) is 15.5. The fourth-order valence-corrected chi connectivity index (χ4v) is 4.18. The molecule has 3 heterocycles. The van der Waals surface area contributed by atoms with Gasteiger partial charge in [0.15, 0.2) is 5.78 Å². The zero-order valence-electron chi connectivity index (χ0n) is 18.1. The van der Waals surface area contributed by atoms with Crippen LogP contribution in [0.1, 0.15) is 41.5 Å². The number of hydrogen-bond donors (Lipinski definition) is 3. The summed E-state index contributed by atoms with van der Waals surface area (Å²) in [7, 11) is 0. The second-order valence-electron chi connectivity index (χ2n) is 8.51. The van der Waals surface area contributed by atoms with Crippen LogP contribution in [-0.4, -0.2) is 41.0 Å². The standard InChI is InChI=1S/C24H27N5O3/c1-15(30)28-12-19-22(20(31)13-28)23(27-17-5-3-2-4-6-17)24(29(19)25)18-9-10-26-11-21(18)32-14-16-7-8-16/h2-6,9-10,16,26-27H,7-8,11-14,25H2,1H3. The zero-order valence-corrected chi connectivity index (χ0v) is 18.1. The Hall–Kier alpha value is -3.68. The fourth-order valence-electron chi connectivity index (χ4n) is 4.18. The molecular weight excluding hydrogens is 406 g/mol. The first kappa shape index (κ1) is 20.2. The van der Waals surface area contributed by atoms with Crippen molar-refractivity contribution in [2.75, 3.05) is 30.9 Å². The minimum Gasteiger partial charge on any atom is -0.495 e. The van der Waals surface area contributed by atoms with Crippen LogP contribution in [0.15, 0.2) is 48.4 Å². The number of hydrogen-bond acceptors (Lipinski definition) is 6. The number of ether oxygens (including phenoxy) is 1. The second kappa shape index (κ2) is 8.11. The van der Waals surface area contributed by atoms with Crippen LogP contribution in [0.25, 0.3) is 5.57 Å². The largest absolute Gasteiger partial charge is 0.495 e. The summed E-state index contributed by atoms with van der Waals surface area (Å²) < 4.78 is 7.71. The third kappa shape index (κ3) is 3.72. The number of nitrogens with two attached hydrogens (primary N) is 1. The third-order valence-electron chi connectivity index (χ3n) is 6.13. The topological polar surface area (TPSA) is 102 Å². The first-order valence-corrected chi connectivity index (χ1v) is 10.9. The van der Waals surface area contributed by atoms with E-state index in [1.54, 1.807) is 4.68 Å². The number of rotatable bonds is 6. The Morgan fingerprint density at radius 2 is 2.03 bits per heavy atom. The lowest BCUT2D eigenvalue weighted by Gasteiger charge is -2.26. The minimum atomic E-state index is -0.154. The number of para-hydroxylation sites is 1. The van der Waals surface area contributed by atoms with Crippen molar-refractivity contribution >= 4 is 28.6 Å². The van der Waals surface area contributed by atoms with Crippen molar-refractivity contribution < 1.29 is 14.3 Å². The summed E-state index contributed by atoms with van der Waals surface area (Å²) in [5.74, 6) is 7.73. The number of aromatic nitrogens is 1. The van der Waals surface area contributed by atoms with E-state index in [2.05, 4.69) is 10.6 Å². The molecule has 166 valence electrons. The number of benzene rings is 1. The summed E-state index contributed by atoms with van der Waals surface area (Å²) in [6.45, 7) is 3.01. The summed E-state index contributed by atoms with van der Waals surface area (Å²) in [6, 6.07) is 9.68. The van der Waals surface area contributed by atoms with Gasteiger partial charge in [0, 0.05) is 18.2 Å². The van der Waals surface area contributed by atoms with Crippen molar-refractivity contribution in [3.63, 3.8) is 0 Å². The number of dihydropyridines is 1. The molecule has 2 aromatic rings. The molecule has 0 atom stereocenters. The SMILES string of the molecule is CC(=O)N1CC(=O)c2c(Nc3ccccc3)c(C3=C(OCC4CC4)CNC=C3)n(N)c2C1. The summed E-state index contributed by atoms with van der Waals surface area (Å²) >= 11 is 0. The number of allylic oxidation sites excluding steroid dienone is 2. The van der Waals surface area contributed by atoms with E-state index in [4.69, 9.17) is 10.6 Å². The number of amides is 1. The van der Waals surface area contributed by atoms with Gasteiger partial charge in [-0.2, -0.15) is 0 Å². The normalized spacial score (nSPS) is 17.8. The van der Waals surface area contributed by atoms with Gasteiger partial charge in [0.2, 0.25) is 5.91 Å². The molecule has 0 saturated heterocycles. The molecular formula is C24H27N5O3. The Labute approximate surface area is 186 Å². The van der Waals surface area contributed by atoms with Crippen LogP contribution < -0.4 is 16.5 Å². The van der Waals surface area contributed by atoms with Crippen LogP contribution in [-0.2, 0) is 16.1 Å². The molecule has 1 saturated carbocycles. The molecule has 2 aliphatic heterocycles. The van der Waals surface area contributed by atoms with E-state index in [-0.39, 0.29) is 24.8 Å². The van der Waals surface area contributed by atoms with Gasteiger partial charge in [0.05, 0.1) is 48.9 Å². The van der Waals surface area contributed by atoms with Gasteiger partial charge in [-0.05, 0) is 43.2 Å². The number of carbonyl (C=O) groups is 2. The molecule has 8 nitrogen and oxygen atoms in total. The molecule has 1 aromatic heterocycles. The zero-order chi connectivity index (χ0) is 22.2. The smallest absolute Gasteiger partial charge is 0.220 e. The first-order valence-electron chi connectivity index (χ1n) is 10.9. The molecule has 1 aromatic carbocycles. The summed E-state index contributed by atoms with van der Waals surface area (Å²) in [5, 5.41) is 6.63. The van der Waals surface area contributed by atoms with E-state index in [0.29, 0.717) is 41.7 Å². The Morgan fingerprint density at radius 3 is 2.75 bits per heavy atom. The van der Waals surface area contributed by atoms with E-state index in [1.165, 1.54) is 24.7 Å². The lowest BCUT2D eigenvalue weighted by atomic mass is 10.0. The quantitative estimate of drug-likeness (QED) is 0.606. The number of ketones is 1.